The van der Waals surface area contributed by atoms with Crippen LogP contribution in [0, 0.1) is 395 Å². The van der Waals surface area contributed by atoms with Crippen molar-refractivity contribution in [1.82, 2.24) is 0 Å². The quantitative estimate of drug-likeness (QED) is 0.302. The smallest absolute Gasteiger partial charge is 0.000715 e. The fraction of sp³-hybridized carbons (Fsp3) is 1.00. The fourth-order valence-corrected chi connectivity index (χ4v) is 85.5. The maximum absolute atomic E-state index is 1.87. The van der Waals surface area contributed by atoms with Crippen molar-refractivity contribution in [3.8, 4) is 0 Å². The molecule has 0 amide bonds. The Morgan fingerprint density at radius 2 is 0.378 bits per heavy atom. The molecule has 74 heavy (non-hydrogen) atoms. The van der Waals surface area contributed by atoms with Crippen LogP contribution in [0.4, 0.5) is 0 Å². The van der Waals surface area contributed by atoms with E-state index in [0.717, 1.165) is 206 Å². The average molecular weight is 929 g/mol. The van der Waals surface area contributed by atoms with Crippen molar-refractivity contribution in [3.05, 3.63) is 0 Å². The van der Waals surface area contributed by atoms with Crippen LogP contribution in [-0.2, 0) is 0 Å². The Kier molecular flexibility index (Phi) is 1.14. The highest BCUT2D eigenvalue weighted by atomic mass is 15.8. The van der Waals surface area contributed by atoms with Crippen molar-refractivity contribution in [1.29, 1.82) is 0 Å². The molecular formula is C74H40. The second-order valence-electron chi connectivity index (χ2n) is 48.8. The third-order valence-electron chi connectivity index (χ3n) is 66.3. The first-order valence-electron chi connectivity index (χ1n) is 36.8. The van der Waals surface area contributed by atoms with Crippen LogP contribution >= 0.6 is 0 Å². The third kappa shape index (κ3) is 0.492. The summed E-state index contributed by atoms with van der Waals surface area (Å²) >= 11 is 0. The molecule has 0 N–H and O–H groups in total. The summed E-state index contributed by atoms with van der Waals surface area (Å²) in [6.45, 7) is 0. The van der Waals surface area contributed by atoms with E-state index in [1.54, 1.807) is 0 Å². The molecular weight excluding hydrogens is 889 g/mol. The summed E-state index contributed by atoms with van der Waals surface area (Å²) < 4.78 is 0. The van der Waals surface area contributed by atoms with E-state index in [1.165, 1.54) is 189 Å². The van der Waals surface area contributed by atoms with Gasteiger partial charge in [0.05, 0.1) is 0 Å². The van der Waals surface area contributed by atoms with Gasteiger partial charge in [-0.05, 0) is 421 Å². The maximum atomic E-state index is 1.87. The molecule has 38 spiro atoms. The summed E-state index contributed by atoms with van der Waals surface area (Å²) in [6, 6.07) is 0. The number of fused-ring (bicyclic) bond motifs is 27. The number of hydrogen-bond donors (Lipinski definition) is 0. The molecule has 0 heteroatoms. The van der Waals surface area contributed by atoms with Gasteiger partial charge in [0, 0.05) is 0 Å². The lowest BCUT2D eigenvalue weighted by Crippen LogP contribution is -3.69. The van der Waals surface area contributed by atoms with Gasteiger partial charge in [0.25, 0.3) is 0 Å². The van der Waals surface area contributed by atoms with E-state index in [-0.39, 0.29) is 0 Å². The minimum absolute atomic E-state index is 1.09. The molecule has 0 aromatic rings. The van der Waals surface area contributed by atoms with Crippen molar-refractivity contribution < 1.29 is 0 Å². The molecule has 0 aliphatic heterocycles. The largest absolute Gasteiger partial charge is 0.0459 e. The highest BCUT2D eigenvalue weighted by molar-refractivity contribution is 6.18. The van der Waals surface area contributed by atoms with Gasteiger partial charge in [-0.1, -0.05) is 0 Å². The second kappa shape index (κ2) is 3.52. The average Bonchev–Trinajstić information content (AvgIpc) is 0.463. The van der Waals surface area contributed by atoms with Crippen LogP contribution < -0.4 is 0 Å². The molecule has 0 bridgehead atoms. The fourth-order valence-electron chi connectivity index (χ4n) is 85.5. The Bertz CT molecular complexity index is 5180. The zero-order valence-electron chi connectivity index (χ0n) is 40.3. The molecule has 0 aromatic heterocycles. The molecule has 56 unspecified atom stereocenters. The molecule has 336 valence electrons. The van der Waals surface area contributed by atoms with Crippen LogP contribution in [0.25, 0.3) is 0 Å². The molecule has 0 radical (unpaired) electrons. The minimum Gasteiger partial charge on any atom is -0.0459 e. The van der Waals surface area contributed by atoms with Crippen molar-refractivity contribution in [2.45, 2.75) is 25.7 Å². The first-order chi connectivity index (χ1) is 36.8. The topological polar surface area (TPSA) is 0 Å². The monoisotopic (exact) mass is 928 g/mol. The lowest BCUT2D eigenvalue weighted by molar-refractivity contribution is -1.25. The summed E-state index contributed by atoms with van der Waals surface area (Å²) in [5.74, 6) is 45.6. The van der Waals surface area contributed by atoms with Gasteiger partial charge >= 0.3 is 0 Å². The van der Waals surface area contributed by atoms with Gasteiger partial charge in [-0.25, -0.2) is 0 Å². The van der Waals surface area contributed by atoms with Crippen LogP contribution in [0.3, 0.4) is 0 Å². The third-order valence-corrected chi connectivity index (χ3v) is 66.3. The zero-order chi connectivity index (χ0) is 40.3. The van der Waals surface area contributed by atoms with Gasteiger partial charge in [0.15, 0.2) is 0 Å². The van der Waals surface area contributed by atoms with Crippen LogP contribution in [0.15, 0.2) is 0 Å². The molecule has 0 saturated heterocycles. The molecule has 55 fully saturated rings. The molecule has 55 aliphatic rings. The van der Waals surface area contributed by atoms with Gasteiger partial charge in [-0.15, -0.1) is 0 Å². The predicted molar refractivity (Wildman–Crippen MR) is 223 cm³/mol. The molecule has 55 aliphatic carbocycles. The first kappa shape index (κ1) is 24.1. The summed E-state index contributed by atoms with van der Waals surface area (Å²) in [7, 11) is 0. The van der Waals surface area contributed by atoms with E-state index in [4.69, 9.17) is 0 Å². The van der Waals surface area contributed by atoms with E-state index < -0.39 is 0 Å². The van der Waals surface area contributed by atoms with Crippen molar-refractivity contribution in [2.24, 2.45) is 395 Å². The Morgan fingerprint density at radius 3 is 0.716 bits per heavy atom. The molecule has 55 saturated carbocycles. The first-order valence-corrected chi connectivity index (χ1v) is 36.8. The summed E-state index contributed by atoms with van der Waals surface area (Å²) in [4.78, 5) is 0. The molecule has 55 rings (SSSR count). The Labute approximate surface area is 418 Å². The second-order valence-corrected chi connectivity index (χ2v) is 48.8. The molecule has 0 heterocycles. The molecule has 0 nitrogen and oxygen atoms in total. The van der Waals surface area contributed by atoms with Crippen molar-refractivity contribution in [2.75, 3.05) is 0 Å². The van der Waals surface area contributed by atoms with E-state index >= 15 is 0 Å². The van der Waals surface area contributed by atoms with Crippen LogP contribution in [0.1, 0.15) is 25.7 Å². The van der Waals surface area contributed by atoms with Crippen LogP contribution in [-0.4, -0.2) is 0 Å². The van der Waals surface area contributed by atoms with Gasteiger partial charge in [-0.3, -0.25) is 0 Å². The number of rotatable bonds is 0. The standard InChI is InChI=1S/C74H40/c1-5-6-2-8-15-19-23-27-31-35-33-29-25-21-17-12-4-10-13-9-3-11-16-20-24-28-32-34-30-26-22-18-14-7(1)37(5)36-38(6,8)42(15)47(19)51(23)55(27)59(31)63(35)61(33)57(29)53(25)49(21)45(17)40(10,12)43(13)39(9,11)44(16)48(20)52(24)56(28)60(32)62(34)58(30)54(26)50(22)46(18)41(14,37)64(36,42)66(46,47)68(50,51)70(54,55)72(58,59)74(62,63)73(60,61)71(56,57)69(52,53)67(48,49)65(43,44)45/h5-36H,1-4H2. The van der Waals surface area contributed by atoms with E-state index in [9.17, 15) is 0 Å². The Balaban J connectivity index is 0.637. The highest BCUT2D eigenvalue weighted by Crippen LogP contribution is 3.75. The minimum atomic E-state index is 1.09. The summed E-state index contributed by atoms with van der Waals surface area (Å²) in [6.07, 6.45) is 7.49. The Hall–Kier alpha value is 0. The van der Waals surface area contributed by atoms with E-state index in [2.05, 4.69) is 0 Å². The SMILES string of the molecule is C1C2C3CC4C5C6C7C8C9C%10C%11C%12C%13C%14C%15C%16CC%17C%18C%19CC%20C%21C%22C%23C%24C%25C%26C%27C%28C%29C%30C%31C1C21C2C34C53C24C%311C%301C%292C%285C%27%28C%26%27C%25%26C%24%25C%23%24C%22%23C%21%22C%19%20C%18%19C%17%16C%15%16C%14%15C%13%14C%12%13C%11%12C%10%11C9%10C89C78C63C41C28C59C%28%10C%27%11C%26%12C%25%13C%24%14C%23%15C%19%22%16. The zero-order valence-corrected chi connectivity index (χ0v) is 40.3. The van der Waals surface area contributed by atoms with Crippen LogP contribution in [0.5, 0.6) is 0 Å². The lowest BCUT2D eigenvalue weighted by atomic mass is 8.32. The van der Waals surface area contributed by atoms with Gasteiger partial charge < -0.3 is 0 Å². The van der Waals surface area contributed by atoms with E-state index in [0.29, 0.717) is 0 Å². The maximum Gasteiger partial charge on any atom is -0.000715 e. The molecule has 56 atom stereocenters. The van der Waals surface area contributed by atoms with Gasteiger partial charge in [-0.2, -0.15) is 0 Å². The van der Waals surface area contributed by atoms with Crippen molar-refractivity contribution >= 4 is 0 Å². The normalized spacial score (nSPS) is 147. The Morgan fingerprint density at radius 1 is 0.149 bits per heavy atom. The summed E-state index contributed by atoms with van der Waals surface area (Å²) in [5, 5.41) is 0. The van der Waals surface area contributed by atoms with E-state index in [1.807, 2.05) is 25.7 Å². The number of hydrogen-bond acceptors (Lipinski definition) is 0. The van der Waals surface area contributed by atoms with Crippen LogP contribution in [0.2, 0.25) is 0 Å². The van der Waals surface area contributed by atoms with Crippen molar-refractivity contribution in [3.63, 3.8) is 0 Å². The van der Waals surface area contributed by atoms with Gasteiger partial charge in [0.1, 0.15) is 0 Å². The predicted octanol–water partition coefficient (Wildman–Crippen LogP) is 5.50. The summed E-state index contributed by atoms with van der Waals surface area (Å²) in [5.41, 5.74) is 43.1. The lowest BCUT2D eigenvalue weighted by Gasteiger charge is -3.69. The van der Waals surface area contributed by atoms with Gasteiger partial charge in [0.2, 0.25) is 0 Å². The highest BCUT2D eigenvalue weighted by Gasteiger charge is 3.74. The molecule has 0 aromatic carbocycles.